The van der Waals surface area contributed by atoms with Crippen LogP contribution in [-0.2, 0) is 0 Å². The van der Waals surface area contributed by atoms with Crippen LogP contribution in [0.25, 0.3) is 0 Å². The molecule has 2 rings (SSSR count). The predicted molar refractivity (Wildman–Crippen MR) is 79.0 cm³/mol. The molecular weight excluding hydrogens is 222 g/mol. The van der Waals surface area contributed by atoms with Crippen molar-refractivity contribution in [2.24, 2.45) is 0 Å². The molecule has 0 saturated carbocycles. The summed E-state index contributed by atoms with van der Waals surface area (Å²) in [5.74, 6) is 0. The molecule has 1 saturated heterocycles. The minimum atomic E-state index is 0.757. The first-order chi connectivity index (χ1) is 8.74. The highest BCUT2D eigenvalue weighted by Crippen LogP contribution is 2.20. The lowest BCUT2D eigenvalue weighted by atomic mass is 10.1. The summed E-state index contributed by atoms with van der Waals surface area (Å²) in [5, 5.41) is 0. The molecule has 1 aliphatic heterocycles. The molecular formula is C15H25N3. The van der Waals surface area contributed by atoms with Crippen LogP contribution >= 0.6 is 0 Å². The van der Waals surface area contributed by atoms with Gasteiger partial charge in [0.05, 0.1) is 0 Å². The number of nitrogens with zero attached hydrogens (tertiary/aromatic N) is 2. The van der Waals surface area contributed by atoms with Crippen molar-refractivity contribution in [3.8, 4) is 0 Å². The Morgan fingerprint density at radius 1 is 1.11 bits per heavy atom. The number of rotatable bonds is 4. The van der Waals surface area contributed by atoms with Gasteiger partial charge in [-0.3, -0.25) is 4.90 Å². The van der Waals surface area contributed by atoms with E-state index in [0.29, 0.717) is 0 Å². The molecule has 3 nitrogen and oxygen atoms in total. The normalized spacial score (nSPS) is 17.4. The first kappa shape index (κ1) is 13.2. The maximum Gasteiger partial charge on any atom is 0.0387 e. The fourth-order valence-corrected chi connectivity index (χ4v) is 2.87. The minimum Gasteiger partial charge on any atom is -0.399 e. The SMILES string of the molecule is CCC(CC)N1CCN(c2cccc(N)c2)CC1. The maximum atomic E-state index is 5.85. The summed E-state index contributed by atoms with van der Waals surface area (Å²) in [6.07, 6.45) is 2.52. The quantitative estimate of drug-likeness (QED) is 0.830. The third-order valence-electron chi connectivity index (χ3n) is 4.01. The summed E-state index contributed by atoms with van der Waals surface area (Å²) in [4.78, 5) is 5.07. The molecule has 0 unspecified atom stereocenters. The van der Waals surface area contributed by atoms with Crippen LogP contribution in [0.4, 0.5) is 11.4 Å². The standard InChI is InChI=1S/C15H25N3/c1-3-14(4-2)17-8-10-18(11-9-17)15-7-5-6-13(16)12-15/h5-7,12,14H,3-4,8-11,16H2,1-2H3. The van der Waals surface area contributed by atoms with E-state index in [2.05, 4.69) is 35.8 Å². The summed E-state index contributed by atoms with van der Waals surface area (Å²) in [6.45, 7) is 9.14. The van der Waals surface area contributed by atoms with Crippen molar-refractivity contribution in [3.05, 3.63) is 24.3 Å². The molecule has 18 heavy (non-hydrogen) atoms. The van der Waals surface area contributed by atoms with E-state index in [-0.39, 0.29) is 0 Å². The number of piperazine rings is 1. The van der Waals surface area contributed by atoms with Gasteiger partial charge in [0.1, 0.15) is 0 Å². The first-order valence-corrected chi connectivity index (χ1v) is 7.09. The summed E-state index contributed by atoms with van der Waals surface area (Å²) in [5.41, 5.74) is 7.97. The van der Waals surface area contributed by atoms with Gasteiger partial charge in [-0.05, 0) is 31.0 Å². The monoisotopic (exact) mass is 247 g/mol. The molecule has 0 bridgehead atoms. The second kappa shape index (κ2) is 6.10. The number of nitrogens with two attached hydrogens (primary N) is 1. The zero-order valence-corrected chi connectivity index (χ0v) is 11.6. The number of anilines is 2. The van der Waals surface area contributed by atoms with Gasteiger partial charge in [-0.1, -0.05) is 19.9 Å². The van der Waals surface area contributed by atoms with Gasteiger partial charge in [0.25, 0.3) is 0 Å². The van der Waals surface area contributed by atoms with Crippen molar-refractivity contribution in [3.63, 3.8) is 0 Å². The highest BCUT2D eigenvalue weighted by molar-refractivity contribution is 5.56. The highest BCUT2D eigenvalue weighted by Gasteiger charge is 2.21. The Kier molecular flexibility index (Phi) is 4.48. The average Bonchev–Trinajstić information content (AvgIpc) is 2.41. The molecule has 3 heteroatoms. The van der Waals surface area contributed by atoms with Crippen LogP contribution in [0.2, 0.25) is 0 Å². The second-order valence-electron chi connectivity index (χ2n) is 5.09. The van der Waals surface area contributed by atoms with E-state index in [1.807, 2.05) is 12.1 Å². The topological polar surface area (TPSA) is 32.5 Å². The molecule has 0 aliphatic carbocycles. The van der Waals surface area contributed by atoms with E-state index in [1.165, 1.54) is 31.6 Å². The molecule has 2 N–H and O–H groups in total. The van der Waals surface area contributed by atoms with Gasteiger partial charge in [0, 0.05) is 43.6 Å². The smallest absolute Gasteiger partial charge is 0.0387 e. The summed E-state index contributed by atoms with van der Waals surface area (Å²) < 4.78 is 0. The van der Waals surface area contributed by atoms with Crippen molar-refractivity contribution < 1.29 is 0 Å². The van der Waals surface area contributed by atoms with Crippen LogP contribution in [0.1, 0.15) is 26.7 Å². The van der Waals surface area contributed by atoms with Crippen molar-refractivity contribution in [2.45, 2.75) is 32.7 Å². The fourth-order valence-electron chi connectivity index (χ4n) is 2.87. The van der Waals surface area contributed by atoms with Crippen LogP contribution in [-0.4, -0.2) is 37.1 Å². The van der Waals surface area contributed by atoms with Crippen molar-refractivity contribution in [2.75, 3.05) is 36.8 Å². The largest absolute Gasteiger partial charge is 0.399 e. The fraction of sp³-hybridized carbons (Fsp3) is 0.600. The van der Waals surface area contributed by atoms with Crippen LogP contribution in [0.15, 0.2) is 24.3 Å². The van der Waals surface area contributed by atoms with E-state index in [1.54, 1.807) is 0 Å². The third-order valence-corrected chi connectivity index (χ3v) is 4.01. The minimum absolute atomic E-state index is 0.757. The number of benzene rings is 1. The van der Waals surface area contributed by atoms with Crippen molar-refractivity contribution in [1.29, 1.82) is 0 Å². The molecule has 0 atom stereocenters. The third kappa shape index (κ3) is 2.96. The highest BCUT2D eigenvalue weighted by atomic mass is 15.3. The van der Waals surface area contributed by atoms with Gasteiger partial charge >= 0.3 is 0 Å². The molecule has 1 aromatic carbocycles. The number of hydrogen-bond donors (Lipinski definition) is 1. The van der Waals surface area contributed by atoms with Crippen molar-refractivity contribution in [1.82, 2.24) is 4.90 Å². The Balaban J connectivity index is 1.94. The van der Waals surface area contributed by atoms with Gasteiger partial charge in [0.2, 0.25) is 0 Å². The molecule has 0 radical (unpaired) electrons. The average molecular weight is 247 g/mol. The lowest BCUT2D eigenvalue weighted by Crippen LogP contribution is -2.50. The van der Waals surface area contributed by atoms with Gasteiger partial charge < -0.3 is 10.6 Å². The second-order valence-corrected chi connectivity index (χ2v) is 5.09. The van der Waals surface area contributed by atoms with E-state index in [4.69, 9.17) is 5.73 Å². The van der Waals surface area contributed by atoms with Gasteiger partial charge in [-0.25, -0.2) is 0 Å². The van der Waals surface area contributed by atoms with Crippen LogP contribution < -0.4 is 10.6 Å². The summed E-state index contributed by atoms with van der Waals surface area (Å²) >= 11 is 0. The molecule has 1 aliphatic rings. The first-order valence-electron chi connectivity index (χ1n) is 7.09. The van der Waals surface area contributed by atoms with Crippen molar-refractivity contribution >= 4 is 11.4 Å². The van der Waals surface area contributed by atoms with E-state index in [0.717, 1.165) is 24.8 Å². The Bertz CT molecular complexity index is 366. The zero-order valence-electron chi connectivity index (χ0n) is 11.6. The molecule has 1 aromatic rings. The number of hydrogen-bond acceptors (Lipinski definition) is 3. The Hall–Kier alpha value is -1.22. The molecule has 1 heterocycles. The molecule has 0 amide bonds. The van der Waals surface area contributed by atoms with Crippen LogP contribution in [0, 0.1) is 0 Å². The van der Waals surface area contributed by atoms with Crippen LogP contribution in [0.3, 0.4) is 0 Å². The van der Waals surface area contributed by atoms with Crippen LogP contribution in [0.5, 0.6) is 0 Å². The molecule has 0 spiro atoms. The molecule has 1 fully saturated rings. The molecule has 100 valence electrons. The van der Waals surface area contributed by atoms with Gasteiger partial charge in [0.15, 0.2) is 0 Å². The summed E-state index contributed by atoms with van der Waals surface area (Å²) in [6, 6.07) is 8.98. The predicted octanol–water partition coefficient (Wildman–Crippen LogP) is 2.58. The number of nitrogen functional groups attached to an aromatic ring is 1. The van der Waals surface area contributed by atoms with E-state index in [9.17, 15) is 0 Å². The lowest BCUT2D eigenvalue weighted by molar-refractivity contribution is 0.175. The Morgan fingerprint density at radius 2 is 1.78 bits per heavy atom. The van der Waals surface area contributed by atoms with Gasteiger partial charge in [-0.15, -0.1) is 0 Å². The maximum absolute atomic E-state index is 5.85. The zero-order chi connectivity index (χ0) is 13.0. The van der Waals surface area contributed by atoms with E-state index < -0.39 is 0 Å². The molecule has 0 aromatic heterocycles. The van der Waals surface area contributed by atoms with E-state index >= 15 is 0 Å². The Morgan fingerprint density at radius 3 is 2.33 bits per heavy atom. The lowest BCUT2D eigenvalue weighted by Gasteiger charge is -2.39. The summed E-state index contributed by atoms with van der Waals surface area (Å²) in [7, 11) is 0. The van der Waals surface area contributed by atoms with Gasteiger partial charge in [-0.2, -0.15) is 0 Å². The Labute approximate surface area is 111 Å².